The molecule has 4 nitrogen and oxygen atoms in total. The molecule has 0 amide bonds. The predicted molar refractivity (Wildman–Crippen MR) is 54.3 cm³/mol. The van der Waals surface area contributed by atoms with Gasteiger partial charge in [-0.25, -0.2) is 0 Å². The Balaban J connectivity index is 1.96. The molecule has 0 aromatic rings. The lowest BCUT2D eigenvalue weighted by Gasteiger charge is -2.23. The van der Waals surface area contributed by atoms with Gasteiger partial charge < -0.3 is 19.9 Å². The summed E-state index contributed by atoms with van der Waals surface area (Å²) in [6.07, 6.45) is 3.82. The molecule has 0 spiro atoms. The van der Waals surface area contributed by atoms with Crippen molar-refractivity contribution in [3.63, 3.8) is 0 Å². The average Bonchev–Trinajstić information content (AvgIpc) is 2.20. The van der Waals surface area contributed by atoms with Crippen molar-refractivity contribution < 1.29 is 14.2 Å². The standard InChI is InChI=1S/C10H21NO3/c1-12-6-9(11)7-13-8-10-4-2-3-5-14-10/h9-10H,2-8,11H2,1H3. The van der Waals surface area contributed by atoms with Gasteiger partial charge in [0.15, 0.2) is 0 Å². The highest BCUT2D eigenvalue weighted by atomic mass is 16.5. The van der Waals surface area contributed by atoms with Gasteiger partial charge in [-0.15, -0.1) is 0 Å². The summed E-state index contributed by atoms with van der Waals surface area (Å²) < 4.78 is 15.9. The summed E-state index contributed by atoms with van der Waals surface area (Å²) in [7, 11) is 1.64. The van der Waals surface area contributed by atoms with Crippen LogP contribution < -0.4 is 5.73 Å². The molecule has 1 rings (SSSR count). The summed E-state index contributed by atoms with van der Waals surface area (Å²) in [6, 6.07) is -0.0245. The molecule has 0 bridgehead atoms. The van der Waals surface area contributed by atoms with Gasteiger partial charge in [0.25, 0.3) is 0 Å². The summed E-state index contributed by atoms with van der Waals surface area (Å²) in [4.78, 5) is 0. The molecule has 0 saturated carbocycles. The number of nitrogens with two attached hydrogens (primary N) is 1. The average molecular weight is 203 g/mol. The molecule has 1 aliphatic rings. The van der Waals surface area contributed by atoms with Crippen LogP contribution in [0.1, 0.15) is 19.3 Å². The highest BCUT2D eigenvalue weighted by molar-refractivity contribution is 4.64. The first-order valence-corrected chi connectivity index (χ1v) is 5.26. The quantitative estimate of drug-likeness (QED) is 0.685. The maximum Gasteiger partial charge on any atom is 0.0808 e. The van der Waals surface area contributed by atoms with Gasteiger partial charge in [-0.3, -0.25) is 0 Å². The lowest BCUT2D eigenvalue weighted by molar-refractivity contribution is -0.0452. The van der Waals surface area contributed by atoms with Crippen molar-refractivity contribution in [2.45, 2.75) is 31.4 Å². The second-order valence-corrected chi connectivity index (χ2v) is 3.74. The first-order chi connectivity index (χ1) is 6.83. The van der Waals surface area contributed by atoms with Gasteiger partial charge in [0.1, 0.15) is 0 Å². The van der Waals surface area contributed by atoms with Gasteiger partial charge >= 0.3 is 0 Å². The summed E-state index contributed by atoms with van der Waals surface area (Å²) in [5, 5.41) is 0. The lowest BCUT2D eigenvalue weighted by Crippen LogP contribution is -2.33. The molecule has 4 heteroatoms. The zero-order valence-electron chi connectivity index (χ0n) is 8.91. The number of ether oxygens (including phenoxy) is 3. The van der Waals surface area contributed by atoms with E-state index in [0.29, 0.717) is 19.8 Å². The van der Waals surface area contributed by atoms with Crippen LogP contribution in [0, 0.1) is 0 Å². The predicted octanol–water partition coefficient (Wildman–Crippen LogP) is 0.546. The maximum atomic E-state index is 5.71. The van der Waals surface area contributed by atoms with Crippen molar-refractivity contribution in [2.24, 2.45) is 5.73 Å². The second-order valence-electron chi connectivity index (χ2n) is 3.74. The van der Waals surface area contributed by atoms with Crippen molar-refractivity contribution >= 4 is 0 Å². The minimum atomic E-state index is -0.0245. The van der Waals surface area contributed by atoms with E-state index in [1.807, 2.05) is 0 Å². The Morgan fingerprint density at radius 1 is 1.43 bits per heavy atom. The molecule has 1 heterocycles. The number of rotatable bonds is 6. The Hall–Kier alpha value is -0.160. The van der Waals surface area contributed by atoms with E-state index in [0.717, 1.165) is 13.0 Å². The molecule has 1 saturated heterocycles. The van der Waals surface area contributed by atoms with E-state index in [9.17, 15) is 0 Å². The van der Waals surface area contributed by atoms with Gasteiger partial charge in [0.2, 0.25) is 0 Å². The van der Waals surface area contributed by atoms with Crippen LogP contribution in [-0.4, -0.2) is 45.7 Å². The number of hydrogen-bond donors (Lipinski definition) is 1. The van der Waals surface area contributed by atoms with Gasteiger partial charge in [-0.2, -0.15) is 0 Å². The summed E-state index contributed by atoms with van der Waals surface area (Å²) in [6.45, 7) is 2.63. The smallest absolute Gasteiger partial charge is 0.0808 e. The minimum absolute atomic E-state index is 0.0245. The first kappa shape index (κ1) is 11.9. The molecule has 1 fully saturated rings. The monoisotopic (exact) mass is 203 g/mol. The minimum Gasteiger partial charge on any atom is -0.383 e. The van der Waals surface area contributed by atoms with Crippen molar-refractivity contribution in [1.29, 1.82) is 0 Å². The van der Waals surface area contributed by atoms with Gasteiger partial charge in [-0.05, 0) is 19.3 Å². The normalized spacial score (nSPS) is 24.9. The van der Waals surface area contributed by atoms with E-state index in [-0.39, 0.29) is 12.1 Å². The van der Waals surface area contributed by atoms with E-state index in [1.54, 1.807) is 7.11 Å². The van der Waals surface area contributed by atoms with Gasteiger partial charge in [0, 0.05) is 13.7 Å². The highest BCUT2D eigenvalue weighted by Gasteiger charge is 2.14. The van der Waals surface area contributed by atoms with Crippen LogP contribution in [0.2, 0.25) is 0 Å². The summed E-state index contributed by atoms with van der Waals surface area (Å²) in [5.74, 6) is 0. The fourth-order valence-electron chi connectivity index (χ4n) is 1.55. The molecule has 0 aromatic heterocycles. The molecular weight excluding hydrogens is 182 g/mol. The van der Waals surface area contributed by atoms with Crippen molar-refractivity contribution in [3.8, 4) is 0 Å². The van der Waals surface area contributed by atoms with E-state index < -0.39 is 0 Å². The van der Waals surface area contributed by atoms with Crippen molar-refractivity contribution in [1.82, 2.24) is 0 Å². The van der Waals surface area contributed by atoms with E-state index in [4.69, 9.17) is 19.9 Å². The van der Waals surface area contributed by atoms with E-state index >= 15 is 0 Å². The van der Waals surface area contributed by atoms with E-state index in [2.05, 4.69) is 0 Å². The maximum absolute atomic E-state index is 5.71. The molecule has 2 N–H and O–H groups in total. The third kappa shape index (κ3) is 4.91. The van der Waals surface area contributed by atoms with Crippen LogP contribution in [0.3, 0.4) is 0 Å². The molecule has 14 heavy (non-hydrogen) atoms. The van der Waals surface area contributed by atoms with Crippen LogP contribution in [0.25, 0.3) is 0 Å². The van der Waals surface area contributed by atoms with Crippen LogP contribution >= 0.6 is 0 Å². The fraction of sp³-hybridized carbons (Fsp3) is 1.00. The molecule has 0 radical (unpaired) electrons. The van der Waals surface area contributed by atoms with Crippen LogP contribution in [0.5, 0.6) is 0 Å². The van der Waals surface area contributed by atoms with Crippen molar-refractivity contribution in [2.75, 3.05) is 33.5 Å². The Morgan fingerprint density at radius 2 is 2.29 bits per heavy atom. The van der Waals surface area contributed by atoms with Crippen molar-refractivity contribution in [3.05, 3.63) is 0 Å². The molecule has 84 valence electrons. The zero-order valence-corrected chi connectivity index (χ0v) is 8.91. The molecular formula is C10H21NO3. The van der Waals surface area contributed by atoms with Crippen LogP contribution in [0.15, 0.2) is 0 Å². The fourth-order valence-corrected chi connectivity index (χ4v) is 1.55. The van der Waals surface area contributed by atoms with E-state index in [1.165, 1.54) is 12.8 Å². The molecule has 0 aliphatic carbocycles. The summed E-state index contributed by atoms with van der Waals surface area (Å²) >= 11 is 0. The van der Waals surface area contributed by atoms with Gasteiger partial charge in [0.05, 0.1) is 32.0 Å². The number of methoxy groups -OCH3 is 1. The van der Waals surface area contributed by atoms with Crippen LogP contribution in [0.4, 0.5) is 0 Å². The Bertz CT molecular complexity index is 137. The Labute approximate surface area is 85.7 Å². The second kappa shape index (κ2) is 7.17. The third-order valence-electron chi connectivity index (χ3n) is 2.29. The Kier molecular flexibility index (Phi) is 6.10. The SMILES string of the molecule is COCC(N)COCC1CCCCO1. The molecule has 1 aliphatic heterocycles. The highest BCUT2D eigenvalue weighted by Crippen LogP contribution is 2.12. The molecule has 0 aromatic carbocycles. The Morgan fingerprint density at radius 3 is 2.93 bits per heavy atom. The van der Waals surface area contributed by atoms with Gasteiger partial charge in [-0.1, -0.05) is 0 Å². The first-order valence-electron chi connectivity index (χ1n) is 5.26. The topological polar surface area (TPSA) is 53.7 Å². The number of hydrogen-bond acceptors (Lipinski definition) is 4. The third-order valence-corrected chi connectivity index (χ3v) is 2.29. The lowest BCUT2D eigenvalue weighted by atomic mass is 10.1. The molecule has 2 atom stereocenters. The van der Waals surface area contributed by atoms with Crippen LogP contribution in [-0.2, 0) is 14.2 Å². The summed E-state index contributed by atoms with van der Waals surface area (Å²) in [5.41, 5.74) is 5.71. The largest absolute Gasteiger partial charge is 0.383 e. The molecule has 2 unspecified atom stereocenters. The zero-order chi connectivity index (χ0) is 10.2.